The van der Waals surface area contributed by atoms with Gasteiger partial charge in [-0.25, -0.2) is 9.97 Å². The average Bonchev–Trinajstić information content (AvgIpc) is 3.67. The van der Waals surface area contributed by atoms with Gasteiger partial charge in [0.2, 0.25) is 11.7 Å². The van der Waals surface area contributed by atoms with E-state index in [1.807, 2.05) is 6.07 Å². The van der Waals surface area contributed by atoms with Crippen molar-refractivity contribution in [2.45, 2.75) is 32.7 Å². The van der Waals surface area contributed by atoms with Crippen LogP contribution < -0.4 is 24.4 Å². The predicted molar refractivity (Wildman–Crippen MR) is 180 cm³/mol. The first-order valence-electron chi connectivity index (χ1n) is 16.4. The molecular formula is C34H43N9O5. The molecular weight excluding hydrogens is 614 g/mol. The molecule has 254 valence electrons. The lowest BCUT2D eigenvalue weighted by atomic mass is 9.97. The zero-order valence-electron chi connectivity index (χ0n) is 28.0. The molecule has 1 saturated heterocycles. The number of anilines is 1. The van der Waals surface area contributed by atoms with Crippen LogP contribution in [0.15, 0.2) is 43.0 Å². The molecule has 1 atom stereocenters. The number of benzene rings is 1. The van der Waals surface area contributed by atoms with Gasteiger partial charge in [0.25, 0.3) is 5.91 Å². The van der Waals surface area contributed by atoms with E-state index in [9.17, 15) is 9.59 Å². The molecule has 1 N–H and O–H groups in total. The summed E-state index contributed by atoms with van der Waals surface area (Å²) in [5, 5.41) is 11.7. The quantitative estimate of drug-likeness (QED) is 0.327. The first-order chi connectivity index (χ1) is 23.4. The van der Waals surface area contributed by atoms with Gasteiger partial charge in [-0.15, -0.1) is 10.2 Å². The molecule has 6 rings (SSSR count). The van der Waals surface area contributed by atoms with Crippen LogP contribution in [0.5, 0.6) is 17.2 Å². The Balaban J connectivity index is 1.36. The summed E-state index contributed by atoms with van der Waals surface area (Å²) in [5.74, 6) is 3.04. The number of pyridine rings is 2. The number of rotatable bonds is 6. The summed E-state index contributed by atoms with van der Waals surface area (Å²) in [4.78, 5) is 43.2. The van der Waals surface area contributed by atoms with Gasteiger partial charge >= 0.3 is 0 Å². The summed E-state index contributed by atoms with van der Waals surface area (Å²) >= 11 is 0. The molecule has 0 saturated carbocycles. The molecule has 1 unspecified atom stereocenters. The van der Waals surface area contributed by atoms with Gasteiger partial charge in [-0.05, 0) is 43.5 Å². The van der Waals surface area contributed by atoms with E-state index in [4.69, 9.17) is 19.2 Å². The highest BCUT2D eigenvalue weighted by molar-refractivity contribution is 5.93. The minimum absolute atomic E-state index is 0.0731. The highest BCUT2D eigenvalue weighted by atomic mass is 16.5. The Kier molecular flexibility index (Phi) is 10.2. The SMILES string of the molecule is CCN1CCN(C(=O)c2cccc(-n3cnnc3)n2)CCC(=O)NCC2CCCN(C2)c2nc3cc(OC)c(OC)c(OC)c3cc2C1. The van der Waals surface area contributed by atoms with E-state index < -0.39 is 0 Å². The second-order valence-corrected chi connectivity index (χ2v) is 12.1. The van der Waals surface area contributed by atoms with Crippen LogP contribution in [-0.2, 0) is 11.3 Å². The Morgan fingerprint density at radius 3 is 2.54 bits per heavy atom. The molecule has 14 heteroatoms. The van der Waals surface area contributed by atoms with Crippen LogP contribution in [0.25, 0.3) is 16.7 Å². The fourth-order valence-corrected chi connectivity index (χ4v) is 6.55. The molecule has 2 aliphatic heterocycles. The van der Waals surface area contributed by atoms with E-state index in [0.717, 1.165) is 54.8 Å². The van der Waals surface area contributed by atoms with Gasteiger partial charge in [-0.2, -0.15) is 0 Å². The predicted octanol–water partition coefficient (Wildman–Crippen LogP) is 2.94. The third-order valence-corrected chi connectivity index (χ3v) is 9.15. The van der Waals surface area contributed by atoms with Crippen LogP contribution in [0, 0.1) is 5.92 Å². The van der Waals surface area contributed by atoms with E-state index in [1.54, 1.807) is 49.0 Å². The zero-order chi connectivity index (χ0) is 33.6. The molecule has 4 aromatic rings. The van der Waals surface area contributed by atoms with Gasteiger partial charge in [0, 0.05) is 69.3 Å². The third kappa shape index (κ3) is 6.98. The van der Waals surface area contributed by atoms with Crippen molar-refractivity contribution >= 4 is 28.5 Å². The van der Waals surface area contributed by atoms with Crippen LogP contribution >= 0.6 is 0 Å². The Bertz CT molecular complexity index is 1750. The number of fused-ring (bicyclic) bond motifs is 5. The Morgan fingerprint density at radius 1 is 0.979 bits per heavy atom. The van der Waals surface area contributed by atoms with Gasteiger partial charge in [0.1, 0.15) is 30.0 Å². The molecule has 2 bridgehead atoms. The van der Waals surface area contributed by atoms with E-state index in [2.05, 4.69) is 43.3 Å². The highest BCUT2D eigenvalue weighted by Gasteiger charge is 2.27. The number of nitrogens with zero attached hydrogens (tertiary/aromatic N) is 8. The maximum atomic E-state index is 13.9. The Morgan fingerprint density at radius 2 is 1.79 bits per heavy atom. The molecule has 5 heterocycles. The second-order valence-electron chi connectivity index (χ2n) is 12.1. The van der Waals surface area contributed by atoms with Gasteiger partial charge in [0.05, 0.1) is 26.8 Å². The van der Waals surface area contributed by atoms with Crippen molar-refractivity contribution in [3.8, 4) is 23.1 Å². The molecule has 0 spiro atoms. The number of amides is 2. The fraction of sp³-hybridized carbons (Fsp3) is 0.471. The molecule has 0 aliphatic carbocycles. The lowest BCUT2D eigenvalue weighted by Crippen LogP contribution is -2.42. The molecule has 0 radical (unpaired) electrons. The zero-order valence-corrected chi connectivity index (χ0v) is 28.0. The average molecular weight is 658 g/mol. The van der Waals surface area contributed by atoms with Crippen LogP contribution in [-0.4, -0.2) is 113 Å². The van der Waals surface area contributed by atoms with Crippen LogP contribution in [0.1, 0.15) is 42.2 Å². The number of carbonyl (C=O) groups is 2. The molecule has 2 aliphatic rings. The van der Waals surface area contributed by atoms with Crippen LogP contribution in [0.2, 0.25) is 0 Å². The van der Waals surface area contributed by atoms with Crippen LogP contribution in [0.3, 0.4) is 0 Å². The van der Waals surface area contributed by atoms with Crippen molar-refractivity contribution in [3.05, 3.63) is 54.2 Å². The first-order valence-corrected chi connectivity index (χ1v) is 16.4. The third-order valence-electron chi connectivity index (χ3n) is 9.15. The van der Waals surface area contributed by atoms with Gasteiger partial charge in [-0.1, -0.05) is 13.0 Å². The Hall–Kier alpha value is -4.98. The van der Waals surface area contributed by atoms with E-state index >= 15 is 0 Å². The standard InChI is InChI=1S/C34H43N9O5/c1-5-40-14-15-41(34(45)26-9-6-10-29(38-26)43-21-36-37-22-43)13-11-30(44)35-18-23-8-7-12-42(19-23)33-24(20-40)16-25-27(39-33)17-28(46-2)32(48-4)31(25)47-3/h6,9-10,16-17,21-23H,5,7-8,11-15,18-20H2,1-4H3,(H,35,44). The molecule has 1 fully saturated rings. The van der Waals surface area contributed by atoms with Gasteiger partial charge in [0.15, 0.2) is 11.5 Å². The number of methoxy groups -OCH3 is 3. The fourth-order valence-electron chi connectivity index (χ4n) is 6.55. The van der Waals surface area contributed by atoms with Crippen molar-refractivity contribution in [2.75, 3.05) is 72.0 Å². The number of hydrogen-bond donors (Lipinski definition) is 1. The summed E-state index contributed by atoms with van der Waals surface area (Å²) in [6.45, 7) is 6.94. The molecule has 1 aromatic carbocycles. The lowest BCUT2D eigenvalue weighted by molar-refractivity contribution is -0.121. The number of carbonyl (C=O) groups excluding carboxylic acids is 2. The van der Waals surface area contributed by atoms with Crippen LogP contribution in [0.4, 0.5) is 5.82 Å². The summed E-state index contributed by atoms with van der Waals surface area (Å²) in [5.41, 5.74) is 2.09. The number of ether oxygens (including phenoxy) is 3. The summed E-state index contributed by atoms with van der Waals surface area (Å²) < 4.78 is 18.8. The van der Waals surface area contributed by atoms with Gasteiger partial charge < -0.3 is 29.3 Å². The lowest BCUT2D eigenvalue weighted by Gasteiger charge is -2.35. The van der Waals surface area contributed by atoms with Crippen molar-refractivity contribution in [2.24, 2.45) is 5.92 Å². The second kappa shape index (κ2) is 14.8. The highest BCUT2D eigenvalue weighted by Crippen LogP contribution is 2.44. The van der Waals surface area contributed by atoms with E-state index in [1.165, 1.54) is 12.7 Å². The molecule has 14 nitrogen and oxygen atoms in total. The monoisotopic (exact) mass is 657 g/mol. The molecule has 3 aromatic heterocycles. The number of likely N-dealkylation sites (N-methyl/N-ethyl adjacent to an activating group) is 1. The van der Waals surface area contributed by atoms with Crippen molar-refractivity contribution in [1.29, 1.82) is 0 Å². The van der Waals surface area contributed by atoms with Crippen molar-refractivity contribution in [3.63, 3.8) is 0 Å². The molecule has 48 heavy (non-hydrogen) atoms. The topological polar surface area (TPSA) is 140 Å². The minimum Gasteiger partial charge on any atom is -0.493 e. The van der Waals surface area contributed by atoms with Crippen molar-refractivity contribution < 1.29 is 23.8 Å². The number of piperidine rings is 1. The smallest absolute Gasteiger partial charge is 0.272 e. The summed E-state index contributed by atoms with van der Waals surface area (Å²) in [6, 6.07) is 9.31. The largest absolute Gasteiger partial charge is 0.493 e. The maximum absolute atomic E-state index is 13.9. The Labute approximate surface area is 280 Å². The van der Waals surface area contributed by atoms with Gasteiger partial charge in [-0.3, -0.25) is 19.1 Å². The minimum atomic E-state index is -0.237. The first kappa shape index (κ1) is 32.9. The van der Waals surface area contributed by atoms with E-state index in [-0.39, 0.29) is 30.7 Å². The number of hydrogen-bond acceptors (Lipinski definition) is 11. The normalized spacial score (nSPS) is 18.0. The number of aromatic nitrogens is 5. The van der Waals surface area contributed by atoms with E-state index in [0.29, 0.717) is 54.9 Å². The summed E-state index contributed by atoms with van der Waals surface area (Å²) in [7, 11) is 4.82. The maximum Gasteiger partial charge on any atom is 0.272 e. The number of nitrogens with one attached hydrogen (secondary N) is 1. The molecule has 2 amide bonds. The van der Waals surface area contributed by atoms with Crippen molar-refractivity contribution in [1.82, 2.24) is 39.8 Å². The summed E-state index contributed by atoms with van der Waals surface area (Å²) in [6.07, 6.45) is 5.28.